The Labute approximate surface area is 110 Å². The number of hydrogen-bond donors (Lipinski definition) is 2. The van der Waals surface area contributed by atoms with Crippen LogP contribution in [0.2, 0.25) is 0 Å². The Kier molecular flexibility index (Phi) is 3.37. The van der Waals surface area contributed by atoms with Gasteiger partial charge in [-0.1, -0.05) is 36.4 Å². The number of carboxylic acid groups (broad SMARTS) is 1. The van der Waals surface area contributed by atoms with Gasteiger partial charge in [-0.05, 0) is 23.3 Å². The number of carbonyl (C=O) groups is 1. The molecule has 2 aromatic rings. The summed E-state index contributed by atoms with van der Waals surface area (Å²) in [6.07, 6.45) is 0. The van der Waals surface area contributed by atoms with Crippen molar-refractivity contribution in [3.63, 3.8) is 0 Å². The molecule has 19 heavy (non-hydrogen) atoms. The van der Waals surface area contributed by atoms with Crippen LogP contribution in [0.4, 0.5) is 0 Å². The lowest BCUT2D eigenvalue weighted by Gasteiger charge is -2.08. The monoisotopic (exact) mass is 277 g/mol. The van der Waals surface area contributed by atoms with Crippen molar-refractivity contribution in [2.75, 3.05) is 0 Å². The SMILES string of the molecule is NS(=O)(=O)c1ccc(-c2ccccc2)c(C(=O)O)c1. The standard InChI is InChI=1S/C13H11NO4S/c14-19(17,18)10-6-7-11(12(8-10)13(15)16)9-4-2-1-3-5-9/h1-8H,(H,15,16)(H2,14,17,18). The summed E-state index contributed by atoms with van der Waals surface area (Å²) in [7, 11) is -3.92. The van der Waals surface area contributed by atoms with Crippen LogP contribution in [-0.4, -0.2) is 19.5 Å². The van der Waals surface area contributed by atoms with Crippen LogP contribution in [0.15, 0.2) is 53.4 Å². The summed E-state index contributed by atoms with van der Waals surface area (Å²) in [6, 6.07) is 12.7. The molecule has 3 N–H and O–H groups in total. The highest BCUT2D eigenvalue weighted by molar-refractivity contribution is 7.89. The molecule has 5 nitrogen and oxygen atoms in total. The third kappa shape index (κ3) is 2.81. The molecule has 0 saturated heterocycles. The molecule has 0 aromatic heterocycles. The minimum Gasteiger partial charge on any atom is -0.478 e. The number of sulfonamides is 1. The van der Waals surface area contributed by atoms with Crippen molar-refractivity contribution in [3.8, 4) is 11.1 Å². The zero-order valence-electron chi connectivity index (χ0n) is 9.78. The average molecular weight is 277 g/mol. The third-order valence-corrected chi connectivity index (χ3v) is 3.55. The van der Waals surface area contributed by atoms with Crippen molar-refractivity contribution >= 4 is 16.0 Å². The number of hydrogen-bond acceptors (Lipinski definition) is 3. The minimum absolute atomic E-state index is 0.0993. The first kappa shape index (κ1) is 13.3. The molecule has 0 atom stereocenters. The number of rotatable bonds is 3. The van der Waals surface area contributed by atoms with Gasteiger partial charge in [-0.25, -0.2) is 18.4 Å². The van der Waals surface area contributed by atoms with Crippen molar-refractivity contribution < 1.29 is 18.3 Å². The summed E-state index contributed by atoms with van der Waals surface area (Å²) >= 11 is 0. The summed E-state index contributed by atoms with van der Waals surface area (Å²) in [5, 5.41) is 14.2. The van der Waals surface area contributed by atoms with Crippen LogP contribution in [-0.2, 0) is 10.0 Å². The van der Waals surface area contributed by atoms with Gasteiger partial charge in [0.05, 0.1) is 10.5 Å². The minimum atomic E-state index is -3.92. The van der Waals surface area contributed by atoms with E-state index in [0.29, 0.717) is 11.1 Å². The summed E-state index contributed by atoms with van der Waals surface area (Å²) in [4.78, 5) is 11.0. The van der Waals surface area contributed by atoms with Gasteiger partial charge in [-0.15, -0.1) is 0 Å². The van der Waals surface area contributed by atoms with E-state index in [2.05, 4.69) is 0 Å². The van der Waals surface area contributed by atoms with E-state index in [9.17, 15) is 18.3 Å². The van der Waals surface area contributed by atoms with E-state index in [-0.39, 0.29) is 10.5 Å². The van der Waals surface area contributed by atoms with Crippen molar-refractivity contribution in [3.05, 3.63) is 54.1 Å². The molecule has 0 saturated carbocycles. The number of benzene rings is 2. The van der Waals surface area contributed by atoms with Crippen molar-refractivity contribution in [1.82, 2.24) is 0 Å². The van der Waals surface area contributed by atoms with Crippen molar-refractivity contribution in [2.45, 2.75) is 4.90 Å². The maximum Gasteiger partial charge on any atom is 0.336 e. The molecule has 2 aromatic carbocycles. The molecular formula is C13H11NO4S. The van der Waals surface area contributed by atoms with E-state index < -0.39 is 16.0 Å². The predicted molar refractivity (Wildman–Crippen MR) is 70.2 cm³/mol. The van der Waals surface area contributed by atoms with E-state index >= 15 is 0 Å². The first-order chi connectivity index (χ1) is 8.89. The lowest BCUT2D eigenvalue weighted by atomic mass is 10.00. The van der Waals surface area contributed by atoms with Crippen LogP contribution < -0.4 is 5.14 Å². The number of carboxylic acids is 1. The van der Waals surface area contributed by atoms with Gasteiger partial charge in [0.2, 0.25) is 10.0 Å². The van der Waals surface area contributed by atoms with Gasteiger partial charge in [0.15, 0.2) is 0 Å². The number of aromatic carboxylic acids is 1. The van der Waals surface area contributed by atoms with E-state index in [1.165, 1.54) is 12.1 Å². The Morgan fingerprint density at radius 1 is 1.05 bits per heavy atom. The van der Waals surface area contributed by atoms with Crippen LogP contribution in [0.25, 0.3) is 11.1 Å². The molecule has 98 valence electrons. The van der Waals surface area contributed by atoms with E-state index in [1.54, 1.807) is 24.3 Å². The van der Waals surface area contributed by atoms with Gasteiger partial charge in [0.1, 0.15) is 0 Å². The average Bonchev–Trinajstić information content (AvgIpc) is 2.38. The molecule has 2 rings (SSSR count). The summed E-state index contributed by atoms with van der Waals surface area (Å²) < 4.78 is 22.5. The molecule has 0 radical (unpaired) electrons. The fraction of sp³-hybridized carbons (Fsp3) is 0. The second-order valence-corrected chi connectivity index (χ2v) is 5.49. The Morgan fingerprint density at radius 2 is 1.68 bits per heavy atom. The highest BCUT2D eigenvalue weighted by Gasteiger charge is 2.16. The van der Waals surface area contributed by atoms with Gasteiger partial charge in [-0.2, -0.15) is 0 Å². The molecule has 0 aliphatic rings. The summed E-state index contributed by atoms with van der Waals surface area (Å²) in [5.74, 6) is -1.20. The molecule has 0 fully saturated rings. The smallest absolute Gasteiger partial charge is 0.336 e. The molecule has 0 aliphatic carbocycles. The van der Waals surface area contributed by atoms with Crippen molar-refractivity contribution in [1.29, 1.82) is 0 Å². The Morgan fingerprint density at radius 3 is 2.21 bits per heavy atom. The lowest BCUT2D eigenvalue weighted by Crippen LogP contribution is -2.13. The topological polar surface area (TPSA) is 97.5 Å². The number of primary sulfonamides is 1. The van der Waals surface area contributed by atoms with Gasteiger partial charge >= 0.3 is 5.97 Å². The highest BCUT2D eigenvalue weighted by Crippen LogP contribution is 2.25. The quantitative estimate of drug-likeness (QED) is 0.892. The van der Waals surface area contributed by atoms with E-state index in [1.807, 2.05) is 6.07 Å². The fourth-order valence-corrected chi connectivity index (χ4v) is 2.29. The molecular weight excluding hydrogens is 266 g/mol. The second-order valence-electron chi connectivity index (χ2n) is 3.92. The van der Waals surface area contributed by atoms with Gasteiger partial charge in [0.25, 0.3) is 0 Å². The Bertz CT molecular complexity index is 724. The highest BCUT2D eigenvalue weighted by atomic mass is 32.2. The molecule has 6 heteroatoms. The van der Waals surface area contributed by atoms with Crippen LogP contribution in [0.3, 0.4) is 0 Å². The zero-order chi connectivity index (χ0) is 14.0. The molecule has 0 heterocycles. The van der Waals surface area contributed by atoms with Gasteiger partial charge in [0, 0.05) is 0 Å². The third-order valence-electron chi connectivity index (χ3n) is 2.63. The van der Waals surface area contributed by atoms with Crippen LogP contribution >= 0.6 is 0 Å². The number of nitrogens with two attached hydrogens (primary N) is 1. The van der Waals surface area contributed by atoms with E-state index in [4.69, 9.17) is 5.14 Å². The second kappa shape index (κ2) is 4.83. The first-order valence-electron chi connectivity index (χ1n) is 5.35. The normalized spacial score (nSPS) is 11.2. The van der Waals surface area contributed by atoms with Gasteiger partial charge in [-0.3, -0.25) is 0 Å². The Hall–Kier alpha value is -2.18. The van der Waals surface area contributed by atoms with Crippen LogP contribution in [0.5, 0.6) is 0 Å². The lowest BCUT2D eigenvalue weighted by molar-refractivity contribution is 0.0697. The Balaban J connectivity index is 2.67. The molecule has 0 aliphatic heterocycles. The summed E-state index contributed by atoms with van der Waals surface area (Å²) in [5.41, 5.74) is 1.04. The van der Waals surface area contributed by atoms with Crippen LogP contribution in [0, 0.1) is 0 Å². The maximum atomic E-state index is 11.2. The molecule has 0 spiro atoms. The summed E-state index contributed by atoms with van der Waals surface area (Å²) in [6.45, 7) is 0. The largest absolute Gasteiger partial charge is 0.478 e. The zero-order valence-corrected chi connectivity index (χ0v) is 10.6. The van der Waals surface area contributed by atoms with Gasteiger partial charge < -0.3 is 5.11 Å². The van der Waals surface area contributed by atoms with Crippen LogP contribution in [0.1, 0.15) is 10.4 Å². The predicted octanol–water partition coefficient (Wildman–Crippen LogP) is 1.70. The molecule has 0 amide bonds. The van der Waals surface area contributed by atoms with E-state index in [0.717, 1.165) is 6.07 Å². The molecule has 0 bridgehead atoms. The van der Waals surface area contributed by atoms with Crippen molar-refractivity contribution in [2.24, 2.45) is 5.14 Å². The first-order valence-corrected chi connectivity index (χ1v) is 6.90. The maximum absolute atomic E-state index is 11.2. The fourth-order valence-electron chi connectivity index (χ4n) is 1.75. The molecule has 0 unspecified atom stereocenters.